The zero-order chi connectivity index (χ0) is 11.8. The Morgan fingerprint density at radius 3 is 2.65 bits per heavy atom. The molecule has 0 aliphatic carbocycles. The van der Waals surface area contributed by atoms with Crippen LogP contribution < -0.4 is 4.57 Å². The first-order valence-electron chi connectivity index (χ1n) is 5.65. The third-order valence-corrected chi connectivity index (χ3v) is 3.20. The summed E-state index contributed by atoms with van der Waals surface area (Å²) in [6, 6.07) is 12.4. The lowest BCUT2D eigenvalue weighted by Crippen LogP contribution is -2.30. The van der Waals surface area contributed by atoms with Gasteiger partial charge in [-0.25, -0.2) is 4.57 Å². The van der Waals surface area contributed by atoms with Crippen LogP contribution in [0.5, 0.6) is 0 Å². The predicted octanol–water partition coefficient (Wildman–Crippen LogP) is 2.16. The van der Waals surface area contributed by atoms with Crippen molar-refractivity contribution in [1.82, 2.24) is 9.55 Å². The van der Waals surface area contributed by atoms with Gasteiger partial charge in [-0.1, -0.05) is 18.2 Å². The van der Waals surface area contributed by atoms with Crippen LogP contribution in [0.25, 0.3) is 16.7 Å². The minimum atomic E-state index is 1.14. The fourth-order valence-corrected chi connectivity index (χ4v) is 2.24. The van der Waals surface area contributed by atoms with E-state index in [1.54, 1.807) is 0 Å². The average Bonchev–Trinajstić information content (AvgIpc) is 2.64. The lowest BCUT2D eigenvalue weighted by molar-refractivity contribution is -0.652. The summed E-state index contributed by atoms with van der Waals surface area (Å²) in [4.78, 5) is 4.22. The highest BCUT2D eigenvalue weighted by atomic mass is 15.2. The molecule has 3 rings (SSSR count). The van der Waals surface area contributed by atoms with E-state index in [-0.39, 0.29) is 0 Å². The van der Waals surface area contributed by atoms with Gasteiger partial charge in [-0.2, -0.15) is 4.57 Å². The molecule has 0 bridgehead atoms. The quantitative estimate of drug-likeness (QED) is 0.580. The van der Waals surface area contributed by atoms with Gasteiger partial charge in [0, 0.05) is 19.2 Å². The molecule has 2 aromatic heterocycles. The van der Waals surface area contributed by atoms with Crippen LogP contribution in [-0.4, -0.2) is 9.55 Å². The van der Waals surface area contributed by atoms with E-state index in [0.29, 0.717) is 0 Å². The van der Waals surface area contributed by atoms with Gasteiger partial charge in [0.15, 0.2) is 11.0 Å². The van der Waals surface area contributed by atoms with Gasteiger partial charge in [-0.05, 0) is 12.1 Å². The van der Waals surface area contributed by atoms with E-state index in [1.807, 2.05) is 24.5 Å². The van der Waals surface area contributed by atoms with E-state index in [9.17, 15) is 0 Å². The average molecular weight is 224 g/mol. The van der Waals surface area contributed by atoms with E-state index < -0.39 is 0 Å². The molecule has 1 aromatic carbocycles. The molecule has 17 heavy (non-hydrogen) atoms. The molecule has 0 saturated carbocycles. The van der Waals surface area contributed by atoms with E-state index in [2.05, 4.69) is 52.4 Å². The van der Waals surface area contributed by atoms with Crippen LogP contribution in [0.3, 0.4) is 0 Å². The van der Waals surface area contributed by atoms with Crippen LogP contribution in [0.1, 0.15) is 5.82 Å². The Labute approximate surface area is 100.0 Å². The van der Waals surface area contributed by atoms with Gasteiger partial charge < -0.3 is 0 Å². The number of aryl methyl sites for hydroxylation is 1. The molecular weight excluding hydrogens is 210 g/mol. The lowest BCUT2D eigenvalue weighted by atomic mass is 10.3. The second-order valence-electron chi connectivity index (χ2n) is 4.14. The summed E-state index contributed by atoms with van der Waals surface area (Å²) in [6.07, 6.45) is 3.74. The summed E-state index contributed by atoms with van der Waals surface area (Å²) in [5, 5.41) is 0. The Morgan fingerprint density at radius 1 is 1.12 bits per heavy atom. The minimum Gasteiger partial charge on any atom is -0.260 e. The minimum absolute atomic E-state index is 1.14. The number of imidazole rings is 1. The van der Waals surface area contributed by atoms with Gasteiger partial charge in [0.25, 0.3) is 5.82 Å². The number of hydrogen-bond donors (Lipinski definition) is 0. The molecule has 0 fully saturated rings. The number of fused-ring (bicyclic) bond motifs is 1. The fourth-order valence-electron chi connectivity index (χ4n) is 2.24. The molecule has 0 amide bonds. The molecule has 0 spiro atoms. The first kappa shape index (κ1) is 10.0. The van der Waals surface area contributed by atoms with Gasteiger partial charge in [0.1, 0.15) is 5.69 Å². The monoisotopic (exact) mass is 224 g/mol. The van der Waals surface area contributed by atoms with Crippen LogP contribution in [0.4, 0.5) is 0 Å². The molecule has 0 saturated heterocycles. The molecule has 0 aliphatic heterocycles. The van der Waals surface area contributed by atoms with E-state index in [4.69, 9.17) is 0 Å². The summed E-state index contributed by atoms with van der Waals surface area (Å²) in [5.74, 6) is 1.19. The summed E-state index contributed by atoms with van der Waals surface area (Å²) >= 11 is 0. The summed E-state index contributed by atoms with van der Waals surface area (Å²) in [7, 11) is 2.08. The Morgan fingerprint density at radius 2 is 1.88 bits per heavy atom. The maximum Gasteiger partial charge on any atom is 0.259 e. The third kappa shape index (κ3) is 1.43. The van der Waals surface area contributed by atoms with Crippen molar-refractivity contribution in [3.05, 3.63) is 54.6 Å². The number of nitrogens with zero attached hydrogens (tertiary/aromatic N) is 3. The number of para-hydroxylation sites is 1. The molecule has 0 aliphatic rings. The van der Waals surface area contributed by atoms with E-state index >= 15 is 0 Å². The number of rotatable bonds is 1. The van der Waals surface area contributed by atoms with Crippen LogP contribution >= 0.6 is 0 Å². The van der Waals surface area contributed by atoms with Crippen molar-refractivity contribution < 1.29 is 4.57 Å². The van der Waals surface area contributed by atoms with Crippen LogP contribution in [0, 0.1) is 6.92 Å². The topological polar surface area (TPSA) is 21.7 Å². The smallest absolute Gasteiger partial charge is 0.259 e. The number of benzene rings is 1. The molecule has 3 nitrogen and oxygen atoms in total. The maximum absolute atomic E-state index is 4.22. The van der Waals surface area contributed by atoms with Gasteiger partial charge >= 0.3 is 0 Å². The van der Waals surface area contributed by atoms with E-state index in [0.717, 1.165) is 5.52 Å². The Hall–Kier alpha value is -2.16. The second kappa shape index (κ2) is 3.70. The zero-order valence-electron chi connectivity index (χ0n) is 9.96. The molecule has 0 N–H and O–H groups in total. The molecule has 2 heterocycles. The highest BCUT2D eigenvalue weighted by Gasteiger charge is 2.19. The van der Waals surface area contributed by atoms with Gasteiger partial charge in [-0.15, -0.1) is 0 Å². The first-order valence-corrected chi connectivity index (χ1v) is 5.65. The Bertz CT molecular complexity index is 669. The largest absolute Gasteiger partial charge is 0.260 e. The Balaban J connectivity index is 2.41. The number of pyridine rings is 1. The standard InChI is InChI=1S/C14H14N3/c1-11-16(2)13-8-9-15-10-14(13)17(11)12-6-4-3-5-7-12/h3-10H,1-2H3/q+1. The van der Waals surface area contributed by atoms with Crippen molar-refractivity contribution in [2.75, 3.05) is 0 Å². The van der Waals surface area contributed by atoms with Crippen LogP contribution in [0.15, 0.2) is 48.8 Å². The molecule has 0 atom stereocenters. The molecule has 84 valence electrons. The SMILES string of the molecule is Cc1n(-c2ccccc2)c2cnccc2[n+]1C. The molecular formula is C14H14N3+. The summed E-state index contributed by atoms with van der Waals surface area (Å²) < 4.78 is 4.41. The van der Waals surface area contributed by atoms with Crippen molar-refractivity contribution in [2.24, 2.45) is 7.05 Å². The fraction of sp³-hybridized carbons (Fsp3) is 0.143. The van der Waals surface area contributed by atoms with Gasteiger partial charge in [0.05, 0.1) is 13.2 Å². The van der Waals surface area contributed by atoms with Crippen molar-refractivity contribution in [3.8, 4) is 5.69 Å². The van der Waals surface area contributed by atoms with Crippen LogP contribution in [0.2, 0.25) is 0 Å². The summed E-state index contributed by atoms with van der Waals surface area (Å²) in [6.45, 7) is 2.12. The van der Waals surface area contributed by atoms with Gasteiger partial charge in [0.2, 0.25) is 0 Å². The maximum atomic E-state index is 4.22. The van der Waals surface area contributed by atoms with Gasteiger partial charge in [-0.3, -0.25) is 4.98 Å². The molecule has 0 radical (unpaired) electrons. The second-order valence-corrected chi connectivity index (χ2v) is 4.14. The van der Waals surface area contributed by atoms with Crippen molar-refractivity contribution in [2.45, 2.75) is 6.92 Å². The zero-order valence-corrected chi connectivity index (χ0v) is 9.96. The highest BCUT2D eigenvalue weighted by Crippen LogP contribution is 2.18. The van der Waals surface area contributed by atoms with Crippen LogP contribution in [-0.2, 0) is 7.05 Å². The predicted molar refractivity (Wildman–Crippen MR) is 67.0 cm³/mol. The lowest BCUT2D eigenvalue weighted by Gasteiger charge is -1.98. The van der Waals surface area contributed by atoms with Crippen molar-refractivity contribution >= 4 is 11.0 Å². The van der Waals surface area contributed by atoms with E-state index in [1.165, 1.54) is 17.0 Å². The third-order valence-electron chi connectivity index (χ3n) is 3.20. The molecule has 3 heteroatoms. The highest BCUT2D eigenvalue weighted by molar-refractivity contribution is 5.73. The normalized spacial score (nSPS) is 10.9. The molecule has 0 unspecified atom stereocenters. The number of aromatic nitrogens is 3. The van der Waals surface area contributed by atoms with Crippen molar-refractivity contribution in [1.29, 1.82) is 0 Å². The summed E-state index contributed by atoms with van der Waals surface area (Å²) in [5.41, 5.74) is 3.50. The number of hydrogen-bond acceptors (Lipinski definition) is 1. The Kier molecular flexibility index (Phi) is 2.18. The first-order chi connectivity index (χ1) is 8.29. The molecule has 3 aromatic rings. The van der Waals surface area contributed by atoms with Crippen molar-refractivity contribution in [3.63, 3.8) is 0 Å².